The van der Waals surface area contributed by atoms with Crippen molar-refractivity contribution in [3.8, 4) is 0 Å². The molecule has 0 aliphatic heterocycles. The summed E-state index contributed by atoms with van der Waals surface area (Å²) in [6.07, 6.45) is 2.08. The highest BCUT2D eigenvalue weighted by Gasteiger charge is 2.30. The molecule has 0 aromatic rings. The first-order chi connectivity index (χ1) is 8.40. The minimum absolute atomic E-state index is 0.235. The van der Waals surface area contributed by atoms with E-state index >= 15 is 0 Å². The lowest BCUT2D eigenvalue weighted by Gasteiger charge is -2.20. The number of aliphatic hydroxyl groups excluding tert-OH is 1. The lowest BCUT2D eigenvalue weighted by molar-refractivity contribution is -0.123. The number of nitrogens with two attached hydrogens (primary N) is 1. The minimum atomic E-state index is -0.710. The summed E-state index contributed by atoms with van der Waals surface area (Å²) in [4.78, 5) is 22.7. The third kappa shape index (κ3) is 5.35. The summed E-state index contributed by atoms with van der Waals surface area (Å²) in [6.45, 7) is 4.16. The van der Waals surface area contributed by atoms with Gasteiger partial charge >= 0.3 is 6.03 Å². The van der Waals surface area contributed by atoms with Gasteiger partial charge in [-0.25, -0.2) is 4.79 Å². The van der Waals surface area contributed by atoms with Crippen LogP contribution >= 0.6 is 0 Å². The lowest BCUT2D eigenvalue weighted by atomic mass is 10.0. The summed E-state index contributed by atoms with van der Waals surface area (Å²) in [7, 11) is 0. The van der Waals surface area contributed by atoms with Gasteiger partial charge in [-0.1, -0.05) is 13.8 Å². The predicted octanol–water partition coefficient (Wildman–Crippen LogP) is -0.0435. The average molecular weight is 257 g/mol. The van der Waals surface area contributed by atoms with Gasteiger partial charge in [-0.05, 0) is 31.1 Å². The molecule has 0 saturated heterocycles. The van der Waals surface area contributed by atoms with E-state index in [4.69, 9.17) is 5.73 Å². The van der Waals surface area contributed by atoms with Crippen LogP contribution in [0, 0.1) is 11.8 Å². The molecule has 1 aliphatic carbocycles. The Kier molecular flexibility index (Phi) is 5.40. The van der Waals surface area contributed by atoms with Crippen molar-refractivity contribution in [1.82, 2.24) is 10.6 Å². The molecular formula is C12H23N3O3. The third-order valence-electron chi connectivity index (χ3n) is 2.99. The second-order valence-electron chi connectivity index (χ2n) is 5.34. The summed E-state index contributed by atoms with van der Waals surface area (Å²) in [5.41, 5.74) is 5.04. The average Bonchev–Trinajstić information content (AvgIpc) is 3.06. The fraction of sp³-hybridized carbons (Fsp3) is 0.833. The molecule has 2 atom stereocenters. The lowest BCUT2D eigenvalue weighted by Crippen LogP contribution is -2.50. The maximum atomic E-state index is 11.9. The summed E-state index contributed by atoms with van der Waals surface area (Å²) < 4.78 is 0. The molecule has 1 saturated carbocycles. The first-order valence-electron chi connectivity index (χ1n) is 6.42. The van der Waals surface area contributed by atoms with Gasteiger partial charge in [0.1, 0.15) is 6.04 Å². The number of carbonyl (C=O) groups excluding carboxylic acids is 2. The molecule has 2 unspecified atom stereocenters. The summed E-state index contributed by atoms with van der Waals surface area (Å²) in [5.74, 6) is 0.293. The SMILES string of the molecule is CC(C)CC(NC(N)=O)C(=O)NCC(O)C1CC1. The third-order valence-corrected chi connectivity index (χ3v) is 2.99. The molecule has 1 rings (SSSR count). The number of primary amides is 1. The molecule has 0 aromatic heterocycles. The molecule has 0 heterocycles. The monoisotopic (exact) mass is 257 g/mol. The predicted molar refractivity (Wildman–Crippen MR) is 67.7 cm³/mol. The topological polar surface area (TPSA) is 104 Å². The van der Waals surface area contributed by atoms with Crippen molar-refractivity contribution in [3.63, 3.8) is 0 Å². The zero-order valence-electron chi connectivity index (χ0n) is 11.0. The molecule has 3 amide bonds. The quantitative estimate of drug-likeness (QED) is 0.514. The zero-order valence-corrected chi connectivity index (χ0v) is 11.0. The van der Waals surface area contributed by atoms with Gasteiger partial charge in [-0.15, -0.1) is 0 Å². The largest absolute Gasteiger partial charge is 0.391 e. The number of amides is 3. The van der Waals surface area contributed by atoms with Gasteiger partial charge in [0.25, 0.3) is 0 Å². The molecule has 0 bridgehead atoms. The van der Waals surface area contributed by atoms with Crippen LogP contribution in [-0.4, -0.2) is 35.7 Å². The first kappa shape index (κ1) is 14.8. The highest BCUT2D eigenvalue weighted by molar-refractivity contribution is 5.86. The number of aliphatic hydroxyl groups is 1. The number of rotatable bonds is 7. The maximum Gasteiger partial charge on any atom is 0.312 e. The molecule has 0 radical (unpaired) electrons. The van der Waals surface area contributed by atoms with Crippen molar-refractivity contribution in [2.75, 3.05) is 6.54 Å². The van der Waals surface area contributed by atoms with Crippen molar-refractivity contribution in [2.24, 2.45) is 17.6 Å². The van der Waals surface area contributed by atoms with Crippen LogP contribution in [-0.2, 0) is 4.79 Å². The second-order valence-corrected chi connectivity index (χ2v) is 5.34. The van der Waals surface area contributed by atoms with Crippen LogP contribution < -0.4 is 16.4 Å². The Morgan fingerprint density at radius 2 is 2.00 bits per heavy atom. The van der Waals surface area contributed by atoms with Gasteiger partial charge in [-0.2, -0.15) is 0 Å². The van der Waals surface area contributed by atoms with Crippen molar-refractivity contribution < 1.29 is 14.7 Å². The molecule has 1 fully saturated rings. The van der Waals surface area contributed by atoms with Crippen LogP contribution in [0.4, 0.5) is 4.79 Å². The van der Waals surface area contributed by atoms with Crippen LogP contribution in [0.5, 0.6) is 0 Å². The van der Waals surface area contributed by atoms with Gasteiger partial charge in [-0.3, -0.25) is 4.79 Å². The fourth-order valence-corrected chi connectivity index (χ4v) is 1.85. The molecule has 18 heavy (non-hydrogen) atoms. The van der Waals surface area contributed by atoms with E-state index in [2.05, 4.69) is 10.6 Å². The maximum absolute atomic E-state index is 11.9. The van der Waals surface area contributed by atoms with E-state index in [0.29, 0.717) is 12.3 Å². The Balaban J connectivity index is 2.38. The molecule has 6 nitrogen and oxygen atoms in total. The van der Waals surface area contributed by atoms with Crippen LogP contribution in [0.2, 0.25) is 0 Å². The Morgan fingerprint density at radius 3 is 2.44 bits per heavy atom. The molecule has 0 aromatic carbocycles. The molecular weight excluding hydrogens is 234 g/mol. The number of urea groups is 1. The van der Waals surface area contributed by atoms with Crippen LogP contribution in [0.3, 0.4) is 0 Å². The Bertz CT molecular complexity index is 303. The van der Waals surface area contributed by atoms with Crippen LogP contribution in [0.1, 0.15) is 33.1 Å². The Hall–Kier alpha value is -1.30. The van der Waals surface area contributed by atoms with Crippen molar-refractivity contribution in [3.05, 3.63) is 0 Å². The van der Waals surface area contributed by atoms with Gasteiger partial charge in [0.15, 0.2) is 0 Å². The fourth-order valence-electron chi connectivity index (χ4n) is 1.85. The van der Waals surface area contributed by atoms with E-state index in [9.17, 15) is 14.7 Å². The van der Waals surface area contributed by atoms with Crippen LogP contribution in [0.15, 0.2) is 0 Å². The number of carbonyl (C=O) groups is 2. The molecule has 0 spiro atoms. The van der Waals surface area contributed by atoms with Crippen molar-refractivity contribution >= 4 is 11.9 Å². The summed E-state index contributed by atoms with van der Waals surface area (Å²) in [6, 6.07) is -1.34. The number of nitrogens with one attached hydrogen (secondary N) is 2. The van der Waals surface area contributed by atoms with E-state index in [1.807, 2.05) is 13.8 Å². The highest BCUT2D eigenvalue weighted by atomic mass is 16.3. The smallest absolute Gasteiger partial charge is 0.312 e. The van der Waals surface area contributed by atoms with E-state index in [0.717, 1.165) is 12.8 Å². The molecule has 6 heteroatoms. The molecule has 1 aliphatic rings. The van der Waals surface area contributed by atoms with Gasteiger partial charge in [0, 0.05) is 6.54 Å². The highest BCUT2D eigenvalue weighted by Crippen LogP contribution is 2.32. The van der Waals surface area contributed by atoms with E-state index in [1.165, 1.54) is 0 Å². The minimum Gasteiger partial charge on any atom is -0.391 e. The normalized spacial score (nSPS) is 18.2. The van der Waals surface area contributed by atoms with Crippen LogP contribution in [0.25, 0.3) is 0 Å². The number of hydrogen-bond donors (Lipinski definition) is 4. The van der Waals surface area contributed by atoms with E-state index < -0.39 is 18.2 Å². The van der Waals surface area contributed by atoms with Gasteiger partial charge < -0.3 is 21.5 Å². The molecule has 5 N–H and O–H groups in total. The van der Waals surface area contributed by atoms with Crippen molar-refractivity contribution in [2.45, 2.75) is 45.3 Å². The van der Waals surface area contributed by atoms with Crippen molar-refractivity contribution in [1.29, 1.82) is 0 Å². The standard InChI is InChI=1S/C12H23N3O3/c1-7(2)5-9(15-12(13)18)11(17)14-6-10(16)8-3-4-8/h7-10,16H,3-6H2,1-2H3,(H,14,17)(H3,13,15,18). The Labute approximate surface area is 107 Å². The Morgan fingerprint density at radius 1 is 1.39 bits per heavy atom. The van der Waals surface area contributed by atoms with E-state index in [-0.39, 0.29) is 18.4 Å². The van der Waals surface area contributed by atoms with E-state index in [1.54, 1.807) is 0 Å². The molecule has 104 valence electrons. The summed E-state index contributed by atoms with van der Waals surface area (Å²) in [5, 5.41) is 14.7. The number of hydrogen-bond acceptors (Lipinski definition) is 3. The van der Waals surface area contributed by atoms with Gasteiger partial charge in [0.2, 0.25) is 5.91 Å². The summed E-state index contributed by atoms with van der Waals surface area (Å²) >= 11 is 0. The first-order valence-corrected chi connectivity index (χ1v) is 6.42. The van der Waals surface area contributed by atoms with Gasteiger partial charge in [0.05, 0.1) is 6.10 Å². The second kappa shape index (κ2) is 6.58. The zero-order chi connectivity index (χ0) is 13.7.